The summed E-state index contributed by atoms with van der Waals surface area (Å²) in [5.74, 6) is -6.60. The molecule has 1 aliphatic rings. The van der Waals surface area contributed by atoms with E-state index in [9.17, 15) is 26.0 Å². The van der Waals surface area contributed by atoms with E-state index in [4.69, 9.17) is 11.6 Å². The van der Waals surface area contributed by atoms with Crippen LogP contribution in [-0.4, -0.2) is 23.5 Å². The van der Waals surface area contributed by atoms with E-state index in [0.717, 1.165) is 28.4 Å². The van der Waals surface area contributed by atoms with Crippen LogP contribution in [0.2, 0.25) is 5.02 Å². The van der Waals surface area contributed by atoms with Crippen LogP contribution in [-0.2, 0) is 15.9 Å². The predicted octanol–water partition coefficient (Wildman–Crippen LogP) is 5.94. The number of hydrogen-bond donors (Lipinski definition) is 0. The Hall–Kier alpha value is -2.13. The summed E-state index contributed by atoms with van der Waals surface area (Å²) in [6.45, 7) is 0.711. The maximum absolute atomic E-state index is 13.8. The zero-order valence-electron chi connectivity index (χ0n) is 15.7. The van der Waals surface area contributed by atoms with Gasteiger partial charge < -0.3 is 0 Å². The third-order valence-electron chi connectivity index (χ3n) is 5.33. The van der Waals surface area contributed by atoms with Crippen molar-refractivity contribution in [2.45, 2.75) is 48.8 Å². The number of aromatic nitrogens is 2. The van der Waals surface area contributed by atoms with Crippen LogP contribution in [0.4, 0.5) is 17.6 Å². The molecule has 4 nitrogen and oxygen atoms in total. The first kappa shape index (κ1) is 21.1. The highest BCUT2D eigenvalue weighted by Crippen LogP contribution is 2.46. The van der Waals surface area contributed by atoms with Gasteiger partial charge in [0.2, 0.25) is 5.92 Å². The van der Waals surface area contributed by atoms with Crippen molar-refractivity contribution in [1.82, 2.24) is 9.19 Å². The van der Waals surface area contributed by atoms with E-state index in [0.29, 0.717) is 12.3 Å². The van der Waals surface area contributed by atoms with Crippen LogP contribution in [0, 0.1) is 0 Å². The van der Waals surface area contributed by atoms with Crippen molar-refractivity contribution in [2.75, 3.05) is 0 Å². The predicted molar refractivity (Wildman–Crippen MR) is 105 cm³/mol. The SMILES string of the molecule is CC(F)(F)c1ccc(S(=O)(=O)n2nc(C3CCC(F)(F)C3)c3c(Cl)cccc32)cc1. The minimum atomic E-state index is -4.27. The van der Waals surface area contributed by atoms with Crippen LogP contribution >= 0.6 is 11.6 Å². The molecule has 0 aliphatic heterocycles. The van der Waals surface area contributed by atoms with Gasteiger partial charge in [0.15, 0.2) is 0 Å². The lowest BCUT2D eigenvalue weighted by molar-refractivity contribution is 0.00764. The fourth-order valence-electron chi connectivity index (χ4n) is 3.80. The van der Waals surface area contributed by atoms with E-state index < -0.39 is 34.2 Å². The highest BCUT2D eigenvalue weighted by Gasteiger charge is 2.42. The highest BCUT2D eigenvalue weighted by molar-refractivity contribution is 7.90. The number of nitrogens with zero attached hydrogens (tertiary/aromatic N) is 2. The molecular formula is C20H17ClF4N2O2S. The molecule has 0 bridgehead atoms. The van der Waals surface area contributed by atoms with Gasteiger partial charge >= 0.3 is 0 Å². The Bertz CT molecular complexity index is 1220. The number of benzene rings is 2. The molecular weight excluding hydrogens is 444 g/mol. The van der Waals surface area contributed by atoms with Crippen LogP contribution in [0.5, 0.6) is 0 Å². The van der Waals surface area contributed by atoms with Gasteiger partial charge in [-0.2, -0.15) is 17.6 Å². The summed E-state index contributed by atoms with van der Waals surface area (Å²) in [6.07, 6.45) is -0.592. The fourth-order valence-corrected chi connectivity index (χ4v) is 5.35. The first-order valence-corrected chi connectivity index (χ1v) is 11.0. The van der Waals surface area contributed by atoms with Gasteiger partial charge in [-0.3, -0.25) is 0 Å². The molecule has 10 heteroatoms. The van der Waals surface area contributed by atoms with E-state index in [1.54, 1.807) is 0 Å². The van der Waals surface area contributed by atoms with E-state index in [2.05, 4.69) is 5.10 Å². The Kier molecular flexibility index (Phi) is 4.89. The topological polar surface area (TPSA) is 52.0 Å². The van der Waals surface area contributed by atoms with Crippen molar-refractivity contribution in [3.05, 3.63) is 58.7 Å². The van der Waals surface area contributed by atoms with Crippen LogP contribution in [0.1, 0.15) is 43.4 Å². The zero-order chi connectivity index (χ0) is 21.9. The lowest BCUT2D eigenvalue weighted by Crippen LogP contribution is -2.16. The average Bonchev–Trinajstić information content (AvgIpc) is 3.22. The van der Waals surface area contributed by atoms with Gasteiger partial charge in [-0.05, 0) is 30.7 Å². The molecule has 4 rings (SSSR count). The Balaban J connectivity index is 1.86. The molecule has 0 N–H and O–H groups in total. The molecule has 1 heterocycles. The lowest BCUT2D eigenvalue weighted by atomic mass is 10.0. The first-order chi connectivity index (χ1) is 13.9. The number of fused-ring (bicyclic) bond motifs is 1. The van der Waals surface area contributed by atoms with Gasteiger partial charge in [-0.25, -0.2) is 17.6 Å². The smallest absolute Gasteiger partial charge is 0.207 e. The Morgan fingerprint density at radius 3 is 2.40 bits per heavy atom. The second-order valence-corrected chi connectivity index (χ2v) is 9.75. The van der Waals surface area contributed by atoms with Crippen LogP contribution < -0.4 is 0 Å². The van der Waals surface area contributed by atoms with Gasteiger partial charge in [0.25, 0.3) is 15.9 Å². The number of rotatable bonds is 4. The van der Waals surface area contributed by atoms with Crippen molar-refractivity contribution in [3.8, 4) is 0 Å². The maximum Gasteiger partial charge on any atom is 0.283 e. The molecule has 1 unspecified atom stereocenters. The minimum absolute atomic E-state index is 0.151. The molecule has 3 aromatic rings. The standard InChI is InChI=1S/C20H17ClF4N2O2S/c1-19(22,23)13-5-7-14(8-6-13)30(28,29)27-16-4-2-3-15(21)17(16)18(26-27)12-9-10-20(24,25)11-12/h2-8,12H,9-11H2,1H3. The van der Waals surface area contributed by atoms with E-state index in [-0.39, 0.29) is 39.5 Å². The van der Waals surface area contributed by atoms with Crippen molar-refractivity contribution in [2.24, 2.45) is 0 Å². The van der Waals surface area contributed by atoms with Gasteiger partial charge in [-0.15, -0.1) is 0 Å². The summed E-state index contributed by atoms with van der Waals surface area (Å²) in [5.41, 5.74) is 0.0226. The molecule has 0 saturated heterocycles. The van der Waals surface area contributed by atoms with Crippen LogP contribution in [0.3, 0.4) is 0 Å². The van der Waals surface area contributed by atoms with Gasteiger partial charge in [0.1, 0.15) is 0 Å². The van der Waals surface area contributed by atoms with Crippen LogP contribution in [0.15, 0.2) is 47.4 Å². The number of alkyl halides is 4. The molecule has 30 heavy (non-hydrogen) atoms. The van der Waals surface area contributed by atoms with E-state index >= 15 is 0 Å². The van der Waals surface area contributed by atoms with E-state index in [1.165, 1.54) is 18.2 Å². The summed E-state index contributed by atoms with van der Waals surface area (Å²) >= 11 is 6.27. The summed E-state index contributed by atoms with van der Waals surface area (Å²) in [6, 6.07) is 8.77. The second kappa shape index (κ2) is 6.95. The molecule has 0 amide bonds. The van der Waals surface area contributed by atoms with Crippen molar-refractivity contribution in [1.29, 1.82) is 0 Å². The molecule has 0 spiro atoms. The summed E-state index contributed by atoms with van der Waals surface area (Å²) in [5, 5.41) is 4.70. The van der Waals surface area contributed by atoms with Crippen LogP contribution in [0.25, 0.3) is 10.9 Å². The molecule has 1 atom stereocenters. The third kappa shape index (κ3) is 3.58. The Morgan fingerprint density at radius 1 is 1.17 bits per heavy atom. The first-order valence-electron chi connectivity index (χ1n) is 9.19. The third-order valence-corrected chi connectivity index (χ3v) is 7.25. The summed E-state index contributed by atoms with van der Waals surface area (Å²) < 4.78 is 81.6. The van der Waals surface area contributed by atoms with Crippen molar-refractivity contribution >= 4 is 32.5 Å². The van der Waals surface area contributed by atoms with Crippen molar-refractivity contribution < 1.29 is 26.0 Å². The lowest BCUT2D eigenvalue weighted by Gasteiger charge is -2.11. The second-order valence-electron chi connectivity index (χ2n) is 7.58. The number of hydrogen-bond acceptors (Lipinski definition) is 3. The Morgan fingerprint density at radius 2 is 1.83 bits per heavy atom. The molecule has 0 radical (unpaired) electrons. The summed E-state index contributed by atoms with van der Waals surface area (Å²) in [7, 11) is -4.27. The van der Waals surface area contributed by atoms with Gasteiger partial charge in [0, 0.05) is 36.6 Å². The molecule has 160 valence electrons. The number of halogens is 5. The molecule has 2 aromatic carbocycles. The van der Waals surface area contributed by atoms with Gasteiger partial charge in [0.05, 0.1) is 21.1 Å². The van der Waals surface area contributed by atoms with Gasteiger partial charge in [-0.1, -0.05) is 29.8 Å². The molecule has 1 fully saturated rings. The largest absolute Gasteiger partial charge is 0.283 e. The molecule has 1 saturated carbocycles. The molecule has 1 aromatic heterocycles. The van der Waals surface area contributed by atoms with E-state index in [1.807, 2.05) is 0 Å². The quantitative estimate of drug-likeness (QED) is 0.453. The summed E-state index contributed by atoms with van der Waals surface area (Å²) in [4.78, 5) is -0.247. The average molecular weight is 461 g/mol. The fraction of sp³-hybridized carbons (Fsp3) is 0.350. The Labute approximate surface area is 175 Å². The normalized spacial score (nSPS) is 19.5. The zero-order valence-corrected chi connectivity index (χ0v) is 17.3. The highest BCUT2D eigenvalue weighted by atomic mass is 35.5. The molecule has 1 aliphatic carbocycles. The minimum Gasteiger partial charge on any atom is -0.207 e. The monoisotopic (exact) mass is 460 g/mol. The maximum atomic E-state index is 13.8. The van der Waals surface area contributed by atoms with Crippen molar-refractivity contribution in [3.63, 3.8) is 0 Å².